The molecule has 0 fully saturated rings. The van der Waals surface area contributed by atoms with Crippen LogP contribution in [0.25, 0.3) is 11.1 Å². The van der Waals surface area contributed by atoms with Gasteiger partial charge in [-0.05, 0) is 35.9 Å². The number of nitrogens with one attached hydrogen (secondary N) is 1. The summed E-state index contributed by atoms with van der Waals surface area (Å²) in [6, 6.07) is 8.67. The minimum Gasteiger partial charge on any atom is -0.328 e. The van der Waals surface area contributed by atoms with Gasteiger partial charge in [0.15, 0.2) is 0 Å². The second-order valence-corrected chi connectivity index (χ2v) is 5.06. The Morgan fingerprint density at radius 2 is 1.95 bits per heavy atom. The molecule has 1 N–H and O–H groups in total. The predicted octanol–water partition coefficient (Wildman–Crippen LogP) is 4.66. The average Bonchev–Trinajstić information content (AvgIpc) is 2.41. The molecule has 0 bridgehead atoms. The van der Waals surface area contributed by atoms with Crippen molar-refractivity contribution in [1.29, 1.82) is 0 Å². The van der Waals surface area contributed by atoms with Gasteiger partial charge in [-0.3, -0.25) is 0 Å². The number of amidine groups is 1. The van der Waals surface area contributed by atoms with Crippen molar-refractivity contribution in [2.45, 2.75) is 4.90 Å². The van der Waals surface area contributed by atoms with Crippen LogP contribution in [-0.4, -0.2) is 5.29 Å². The van der Waals surface area contributed by atoms with Crippen molar-refractivity contribution in [1.82, 2.24) is 0 Å². The molecule has 6 heteroatoms. The van der Waals surface area contributed by atoms with E-state index in [1.54, 1.807) is 12.1 Å². The lowest BCUT2D eigenvalue weighted by atomic mass is 10.0. The van der Waals surface area contributed by atoms with Gasteiger partial charge in [0.1, 0.15) is 11.6 Å². The molecule has 2 aromatic rings. The maximum Gasteiger partial charge on any atom is 0.207 e. The lowest BCUT2D eigenvalue weighted by Crippen LogP contribution is -2.09. The molecule has 1 heterocycles. The van der Waals surface area contributed by atoms with Crippen molar-refractivity contribution in [2.75, 3.05) is 5.32 Å². The average molecular weight is 297 g/mol. The third kappa shape index (κ3) is 2.31. The summed E-state index contributed by atoms with van der Waals surface area (Å²) in [6.45, 7) is 0. The Kier molecular flexibility index (Phi) is 3.16. The second kappa shape index (κ2) is 4.83. The summed E-state index contributed by atoms with van der Waals surface area (Å²) in [5.41, 5.74) is 1.38. The summed E-state index contributed by atoms with van der Waals surface area (Å²) in [4.78, 5) is 0.811. The molecule has 0 saturated carbocycles. The maximum atomic E-state index is 13.9. The van der Waals surface area contributed by atoms with Crippen LogP contribution in [0.4, 0.5) is 14.5 Å². The number of nitrogens with zero attached hydrogens (tertiary/aromatic N) is 1. The largest absolute Gasteiger partial charge is 0.328 e. The van der Waals surface area contributed by atoms with Crippen molar-refractivity contribution in [3.63, 3.8) is 0 Å². The fourth-order valence-electron chi connectivity index (χ4n) is 1.88. The van der Waals surface area contributed by atoms with Crippen LogP contribution in [0.3, 0.4) is 0 Å². The molecule has 0 unspecified atom stereocenters. The number of halogens is 3. The van der Waals surface area contributed by atoms with Crippen LogP contribution in [0, 0.1) is 11.6 Å². The zero-order chi connectivity index (χ0) is 13.4. The lowest BCUT2D eigenvalue weighted by molar-refractivity contribution is 0.603. The molecule has 3 rings (SSSR count). The molecule has 1 aliphatic rings. The van der Waals surface area contributed by atoms with E-state index in [2.05, 4.69) is 9.71 Å². The van der Waals surface area contributed by atoms with Gasteiger partial charge in [-0.25, -0.2) is 8.78 Å². The number of para-hydroxylation sites is 1. The van der Waals surface area contributed by atoms with Crippen LogP contribution in [-0.2, 0) is 0 Å². The van der Waals surface area contributed by atoms with Gasteiger partial charge >= 0.3 is 0 Å². The number of hydrogen-bond donors (Lipinski definition) is 1. The molecule has 96 valence electrons. The molecular formula is C13H7ClF2N2S. The third-order valence-electron chi connectivity index (χ3n) is 2.70. The van der Waals surface area contributed by atoms with Gasteiger partial charge in [-0.2, -0.15) is 4.40 Å². The van der Waals surface area contributed by atoms with E-state index >= 15 is 0 Å². The van der Waals surface area contributed by atoms with E-state index in [0.29, 0.717) is 11.3 Å². The quantitative estimate of drug-likeness (QED) is 0.611. The number of anilines is 1. The van der Waals surface area contributed by atoms with Crippen molar-refractivity contribution in [3.05, 3.63) is 48.0 Å². The van der Waals surface area contributed by atoms with E-state index in [4.69, 9.17) is 11.6 Å². The van der Waals surface area contributed by atoms with Crippen LogP contribution < -0.4 is 5.32 Å². The standard InChI is InChI=1S/C13H7ClF2N2S/c14-13-17-12-8(2-1-3-11(12)19-18-13)9-6-7(15)4-5-10(9)16/h1-6H,(H,17,18). The fraction of sp³-hybridized carbons (Fsp3) is 0. The first-order chi connectivity index (χ1) is 9.15. The van der Waals surface area contributed by atoms with Gasteiger partial charge in [-0.1, -0.05) is 12.1 Å². The lowest BCUT2D eigenvalue weighted by Gasteiger charge is -2.18. The Balaban J connectivity index is 2.20. The normalized spacial score (nSPS) is 13.5. The minimum atomic E-state index is -0.489. The predicted molar refractivity (Wildman–Crippen MR) is 74.6 cm³/mol. The van der Waals surface area contributed by atoms with Crippen molar-refractivity contribution < 1.29 is 8.78 Å². The van der Waals surface area contributed by atoms with E-state index in [1.165, 1.54) is 11.9 Å². The molecule has 1 aliphatic heterocycles. The first-order valence-electron chi connectivity index (χ1n) is 5.41. The summed E-state index contributed by atoms with van der Waals surface area (Å²) in [5, 5.41) is 3.09. The Morgan fingerprint density at radius 1 is 1.11 bits per heavy atom. The molecule has 0 atom stereocenters. The fourth-order valence-corrected chi connectivity index (χ4v) is 2.69. The van der Waals surface area contributed by atoms with Crippen molar-refractivity contribution in [2.24, 2.45) is 4.40 Å². The molecule has 0 saturated heterocycles. The summed E-state index contributed by atoms with van der Waals surface area (Å²) >= 11 is 7.02. The molecule has 19 heavy (non-hydrogen) atoms. The Labute approximate surface area is 117 Å². The SMILES string of the molecule is Fc1ccc(F)c(-c2cccc3c2NC(Cl)=NS3)c1. The highest BCUT2D eigenvalue weighted by Gasteiger charge is 2.18. The topological polar surface area (TPSA) is 24.4 Å². The number of fused-ring (bicyclic) bond motifs is 1. The van der Waals surface area contributed by atoms with E-state index in [0.717, 1.165) is 23.1 Å². The summed E-state index contributed by atoms with van der Waals surface area (Å²) in [7, 11) is 0. The molecule has 0 aromatic heterocycles. The molecule has 2 nitrogen and oxygen atoms in total. The first-order valence-corrected chi connectivity index (χ1v) is 6.56. The van der Waals surface area contributed by atoms with Gasteiger partial charge in [0.05, 0.1) is 10.6 Å². The maximum absolute atomic E-state index is 13.9. The Hall–Kier alpha value is -1.59. The van der Waals surface area contributed by atoms with E-state index < -0.39 is 11.6 Å². The summed E-state index contributed by atoms with van der Waals surface area (Å²) in [5.74, 6) is -0.975. The highest BCUT2D eigenvalue weighted by atomic mass is 35.5. The highest BCUT2D eigenvalue weighted by molar-refractivity contribution is 7.98. The zero-order valence-corrected chi connectivity index (χ0v) is 11.0. The smallest absolute Gasteiger partial charge is 0.207 e. The molecule has 0 aliphatic carbocycles. The van der Waals surface area contributed by atoms with E-state index in [-0.39, 0.29) is 10.9 Å². The van der Waals surface area contributed by atoms with E-state index in [9.17, 15) is 8.78 Å². The second-order valence-electron chi connectivity index (χ2n) is 3.90. The van der Waals surface area contributed by atoms with Crippen molar-refractivity contribution >= 4 is 34.5 Å². The highest BCUT2D eigenvalue weighted by Crippen LogP contribution is 2.40. The van der Waals surface area contributed by atoms with Crippen LogP contribution in [0.1, 0.15) is 0 Å². The number of rotatable bonds is 1. The van der Waals surface area contributed by atoms with Crippen molar-refractivity contribution in [3.8, 4) is 11.1 Å². The van der Waals surface area contributed by atoms with Gasteiger partial charge < -0.3 is 5.32 Å². The minimum absolute atomic E-state index is 0.191. The van der Waals surface area contributed by atoms with E-state index in [1.807, 2.05) is 6.07 Å². The Morgan fingerprint density at radius 3 is 2.79 bits per heavy atom. The zero-order valence-electron chi connectivity index (χ0n) is 9.45. The Bertz CT molecular complexity index is 688. The van der Waals surface area contributed by atoms with Crippen LogP contribution in [0.5, 0.6) is 0 Å². The van der Waals surface area contributed by atoms with Gasteiger partial charge in [0.2, 0.25) is 5.29 Å². The monoisotopic (exact) mass is 296 g/mol. The van der Waals surface area contributed by atoms with Gasteiger partial charge in [0.25, 0.3) is 0 Å². The van der Waals surface area contributed by atoms with Gasteiger partial charge in [0, 0.05) is 23.1 Å². The van der Waals surface area contributed by atoms with Crippen LogP contribution in [0.2, 0.25) is 0 Å². The third-order valence-corrected chi connectivity index (χ3v) is 3.79. The summed E-state index contributed by atoms with van der Waals surface area (Å²) < 4.78 is 31.1. The number of hydrogen-bond acceptors (Lipinski definition) is 3. The molecule has 2 aromatic carbocycles. The molecular weight excluding hydrogens is 290 g/mol. The molecule has 0 radical (unpaired) electrons. The van der Waals surface area contributed by atoms with Crippen LogP contribution in [0.15, 0.2) is 45.7 Å². The van der Waals surface area contributed by atoms with Gasteiger partial charge in [-0.15, -0.1) is 0 Å². The molecule has 0 spiro atoms. The molecule has 0 amide bonds. The van der Waals surface area contributed by atoms with Crippen LogP contribution >= 0.6 is 23.5 Å². The number of benzene rings is 2. The first kappa shape index (κ1) is 12.4. The summed E-state index contributed by atoms with van der Waals surface area (Å²) in [6.07, 6.45) is 0.